The lowest BCUT2D eigenvalue weighted by Crippen LogP contribution is -2.05. The van der Waals surface area contributed by atoms with Gasteiger partial charge in [0.1, 0.15) is 0 Å². The molecule has 0 amide bonds. The Bertz CT molecular complexity index is 229. The van der Waals surface area contributed by atoms with E-state index in [1.165, 1.54) is 57.8 Å². The molecule has 0 fully saturated rings. The van der Waals surface area contributed by atoms with Crippen molar-refractivity contribution in [3.63, 3.8) is 0 Å². The molecule has 2 N–H and O–H groups in total. The van der Waals surface area contributed by atoms with Crippen LogP contribution in [0.15, 0.2) is 0 Å². The molecule has 0 saturated carbocycles. The van der Waals surface area contributed by atoms with Crippen LogP contribution in [-0.4, -0.2) is 22.3 Å². The number of hydrogen-bond acceptors (Lipinski definition) is 2. The van der Waals surface area contributed by atoms with Crippen molar-refractivity contribution in [3.05, 3.63) is 0 Å². The second-order valence-corrected chi connectivity index (χ2v) is 6.26. The van der Waals surface area contributed by atoms with Crippen LogP contribution in [0, 0.1) is 0 Å². The van der Waals surface area contributed by atoms with E-state index >= 15 is 0 Å². The van der Waals surface area contributed by atoms with Crippen LogP contribution in [0.5, 0.6) is 0 Å². The second-order valence-electron chi connectivity index (χ2n) is 6.26. The van der Waals surface area contributed by atoms with Gasteiger partial charge in [-0.3, -0.25) is 4.79 Å². The normalized spacial score (nSPS) is 12.5. The summed E-state index contributed by atoms with van der Waals surface area (Å²) in [6.07, 6.45) is 16.4. The van der Waals surface area contributed by atoms with Gasteiger partial charge in [0.05, 0.1) is 6.10 Å². The molecule has 3 heteroatoms. The Morgan fingerprint density at radius 1 is 0.762 bits per heavy atom. The number of rotatable bonds is 16. The minimum Gasteiger partial charge on any atom is -0.481 e. The molecule has 3 nitrogen and oxygen atoms in total. The van der Waals surface area contributed by atoms with Gasteiger partial charge >= 0.3 is 5.97 Å². The zero-order chi connectivity index (χ0) is 15.8. The van der Waals surface area contributed by atoms with Gasteiger partial charge < -0.3 is 10.2 Å². The Hall–Kier alpha value is -0.570. The molecule has 0 bridgehead atoms. The molecule has 0 saturated heterocycles. The van der Waals surface area contributed by atoms with Gasteiger partial charge in [-0.25, -0.2) is 0 Å². The quantitative estimate of drug-likeness (QED) is 0.380. The first-order valence-electron chi connectivity index (χ1n) is 9.06. The highest BCUT2D eigenvalue weighted by Gasteiger charge is 2.02. The summed E-state index contributed by atoms with van der Waals surface area (Å²) in [7, 11) is 0. The fourth-order valence-corrected chi connectivity index (χ4v) is 2.65. The van der Waals surface area contributed by atoms with Crippen molar-refractivity contribution >= 4 is 5.97 Å². The largest absolute Gasteiger partial charge is 0.481 e. The van der Waals surface area contributed by atoms with Gasteiger partial charge in [0.15, 0.2) is 0 Å². The monoisotopic (exact) mass is 300 g/mol. The van der Waals surface area contributed by atoms with E-state index in [1.807, 2.05) is 0 Å². The van der Waals surface area contributed by atoms with Gasteiger partial charge in [-0.15, -0.1) is 0 Å². The highest BCUT2D eigenvalue weighted by atomic mass is 16.4. The molecule has 0 aliphatic heterocycles. The second kappa shape index (κ2) is 15.8. The molecule has 0 aliphatic rings. The SMILES string of the molecule is CCCCC(O)CCCCCCCCCCCCC(=O)O. The predicted molar refractivity (Wildman–Crippen MR) is 88.6 cm³/mol. The van der Waals surface area contributed by atoms with Crippen molar-refractivity contribution < 1.29 is 15.0 Å². The fraction of sp³-hybridized carbons (Fsp3) is 0.944. The first kappa shape index (κ1) is 20.4. The molecule has 0 aromatic carbocycles. The number of unbranched alkanes of at least 4 members (excludes halogenated alkanes) is 10. The number of aliphatic hydroxyl groups excluding tert-OH is 1. The summed E-state index contributed by atoms with van der Waals surface area (Å²) in [5.74, 6) is -0.671. The topological polar surface area (TPSA) is 57.5 Å². The smallest absolute Gasteiger partial charge is 0.303 e. The average Bonchev–Trinajstić information content (AvgIpc) is 2.45. The zero-order valence-corrected chi connectivity index (χ0v) is 14.0. The Balaban J connectivity index is 3.07. The Morgan fingerprint density at radius 3 is 1.67 bits per heavy atom. The highest BCUT2D eigenvalue weighted by molar-refractivity contribution is 5.66. The number of carbonyl (C=O) groups is 1. The van der Waals surface area contributed by atoms with Crippen LogP contribution in [0.4, 0.5) is 0 Å². The van der Waals surface area contributed by atoms with Crippen LogP contribution in [0.25, 0.3) is 0 Å². The van der Waals surface area contributed by atoms with E-state index in [0.29, 0.717) is 6.42 Å². The third kappa shape index (κ3) is 17.4. The maximum atomic E-state index is 10.3. The third-order valence-electron chi connectivity index (χ3n) is 4.07. The zero-order valence-electron chi connectivity index (χ0n) is 14.0. The lowest BCUT2D eigenvalue weighted by atomic mass is 10.0. The summed E-state index contributed by atoms with van der Waals surface area (Å²) in [6.45, 7) is 2.17. The maximum Gasteiger partial charge on any atom is 0.303 e. The molecule has 0 rings (SSSR count). The van der Waals surface area contributed by atoms with E-state index in [0.717, 1.165) is 32.1 Å². The van der Waals surface area contributed by atoms with Gasteiger partial charge in [0.25, 0.3) is 0 Å². The lowest BCUT2D eigenvalue weighted by molar-refractivity contribution is -0.137. The molecular weight excluding hydrogens is 264 g/mol. The van der Waals surface area contributed by atoms with Gasteiger partial charge in [0.2, 0.25) is 0 Å². The van der Waals surface area contributed by atoms with E-state index in [9.17, 15) is 9.90 Å². The minimum atomic E-state index is -0.671. The number of carboxylic acid groups (broad SMARTS) is 1. The summed E-state index contributed by atoms with van der Waals surface area (Å²) >= 11 is 0. The van der Waals surface area contributed by atoms with Crippen LogP contribution >= 0.6 is 0 Å². The van der Waals surface area contributed by atoms with Crippen molar-refractivity contribution in [3.8, 4) is 0 Å². The lowest BCUT2D eigenvalue weighted by Gasteiger charge is -2.09. The summed E-state index contributed by atoms with van der Waals surface area (Å²) in [6, 6.07) is 0. The summed E-state index contributed by atoms with van der Waals surface area (Å²) in [5, 5.41) is 18.2. The molecule has 0 heterocycles. The summed E-state index contributed by atoms with van der Waals surface area (Å²) in [5.41, 5.74) is 0. The van der Waals surface area contributed by atoms with Gasteiger partial charge in [-0.05, 0) is 19.3 Å². The van der Waals surface area contributed by atoms with Crippen LogP contribution in [0.1, 0.15) is 103 Å². The van der Waals surface area contributed by atoms with Gasteiger partial charge in [0, 0.05) is 6.42 Å². The Kier molecular flexibility index (Phi) is 15.4. The van der Waals surface area contributed by atoms with Crippen molar-refractivity contribution in [2.24, 2.45) is 0 Å². The molecule has 0 aromatic rings. The summed E-state index contributed by atoms with van der Waals surface area (Å²) < 4.78 is 0. The van der Waals surface area contributed by atoms with Crippen molar-refractivity contribution in [2.45, 2.75) is 109 Å². The first-order chi connectivity index (χ1) is 10.2. The highest BCUT2D eigenvalue weighted by Crippen LogP contribution is 2.14. The van der Waals surface area contributed by atoms with E-state index in [2.05, 4.69) is 6.92 Å². The van der Waals surface area contributed by atoms with E-state index in [1.54, 1.807) is 0 Å². The summed E-state index contributed by atoms with van der Waals surface area (Å²) in [4.78, 5) is 10.3. The van der Waals surface area contributed by atoms with Crippen LogP contribution in [-0.2, 0) is 4.79 Å². The molecule has 0 aliphatic carbocycles. The van der Waals surface area contributed by atoms with E-state index in [4.69, 9.17) is 5.11 Å². The van der Waals surface area contributed by atoms with Crippen LogP contribution < -0.4 is 0 Å². The van der Waals surface area contributed by atoms with Crippen molar-refractivity contribution in [1.82, 2.24) is 0 Å². The van der Waals surface area contributed by atoms with Crippen LogP contribution in [0.3, 0.4) is 0 Å². The van der Waals surface area contributed by atoms with Crippen molar-refractivity contribution in [1.29, 1.82) is 0 Å². The number of carboxylic acids is 1. The Labute approximate surface area is 131 Å². The molecule has 21 heavy (non-hydrogen) atoms. The van der Waals surface area contributed by atoms with E-state index in [-0.39, 0.29) is 6.10 Å². The van der Waals surface area contributed by atoms with Gasteiger partial charge in [-0.1, -0.05) is 77.6 Å². The van der Waals surface area contributed by atoms with Crippen LogP contribution in [0.2, 0.25) is 0 Å². The molecule has 0 aromatic heterocycles. The number of aliphatic carboxylic acids is 1. The Morgan fingerprint density at radius 2 is 1.19 bits per heavy atom. The third-order valence-corrected chi connectivity index (χ3v) is 4.07. The molecule has 126 valence electrons. The van der Waals surface area contributed by atoms with E-state index < -0.39 is 5.97 Å². The minimum absolute atomic E-state index is 0.0734. The molecule has 1 atom stereocenters. The fourth-order valence-electron chi connectivity index (χ4n) is 2.65. The molecule has 0 spiro atoms. The number of aliphatic hydroxyl groups is 1. The first-order valence-corrected chi connectivity index (χ1v) is 9.06. The predicted octanol–water partition coefficient (Wildman–Crippen LogP) is 5.30. The van der Waals surface area contributed by atoms with Gasteiger partial charge in [-0.2, -0.15) is 0 Å². The standard InChI is InChI=1S/C18H36O3/c1-2-3-14-17(19)15-12-10-8-6-4-5-7-9-11-13-16-18(20)21/h17,19H,2-16H2,1H3,(H,20,21). The average molecular weight is 300 g/mol. The molecule has 1 unspecified atom stereocenters. The molecule has 0 radical (unpaired) electrons. The molecular formula is C18H36O3. The number of hydrogen-bond donors (Lipinski definition) is 2. The maximum absolute atomic E-state index is 10.3. The van der Waals surface area contributed by atoms with Crippen molar-refractivity contribution in [2.75, 3.05) is 0 Å².